The lowest BCUT2D eigenvalue weighted by atomic mass is 10.0. The third kappa shape index (κ3) is 6.76. The molecule has 0 amide bonds. The molecule has 0 heterocycles. The fourth-order valence-corrected chi connectivity index (χ4v) is 1.65. The van der Waals surface area contributed by atoms with Gasteiger partial charge in [-0.15, -0.1) is 0 Å². The zero-order valence-electron chi connectivity index (χ0n) is 12.6. The molecule has 0 radical (unpaired) electrons. The second kappa shape index (κ2) is 7.53. The summed E-state index contributed by atoms with van der Waals surface area (Å²) in [4.78, 5) is 0. The SMILES string of the molecule is Cc1ccc(Cc2ccc(C)cc2)cc1.FC(F)(F)C(F)(F)F. The molecule has 0 aromatic heterocycles. The first-order valence-corrected chi connectivity index (χ1v) is 6.73. The highest BCUT2D eigenvalue weighted by molar-refractivity contribution is 5.29. The summed E-state index contributed by atoms with van der Waals surface area (Å²) in [6.45, 7) is 4.24. The molecule has 2 aromatic carbocycles. The van der Waals surface area contributed by atoms with Crippen LogP contribution in [0.1, 0.15) is 22.3 Å². The van der Waals surface area contributed by atoms with Gasteiger partial charge in [0.15, 0.2) is 0 Å². The Bertz CT molecular complexity index is 535. The molecule has 0 aliphatic heterocycles. The molecule has 0 unspecified atom stereocenters. The molecule has 0 aliphatic rings. The molecule has 0 fully saturated rings. The van der Waals surface area contributed by atoms with Crippen molar-refractivity contribution >= 4 is 0 Å². The number of aryl methyl sites for hydroxylation is 2. The van der Waals surface area contributed by atoms with Crippen LogP contribution in [0.4, 0.5) is 26.3 Å². The van der Waals surface area contributed by atoms with Crippen LogP contribution in [0.2, 0.25) is 0 Å². The molecule has 0 saturated heterocycles. The summed E-state index contributed by atoms with van der Waals surface area (Å²) < 4.78 is 62.6. The smallest absolute Gasteiger partial charge is 0.162 e. The van der Waals surface area contributed by atoms with E-state index in [1.54, 1.807) is 0 Å². The van der Waals surface area contributed by atoms with Crippen LogP contribution >= 0.6 is 0 Å². The largest absolute Gasteiger partial charge is 0.487 e. The lowest BCUT2D eigenvalue weighted by molar-refractivity contribution is -0.339. The summed E-state index contributed by atoms with van der Waals surface area (Å²) in [6, 6.07) is 17.5. The van der Waals surface area contributed by atoms with Gasteiger partial charge in [-0.05, 0) is 31.4 Å². The topological polar surface area (TPSA) is 0 Å². The Hall–Kier alpha value is -1.98. The highest BCUT2D eigenvalue weighted by atomic mass is 19.5. The first kappa shape index (κ1) is 19.1. The average molecular weight is 334 g/mol. The summed E-state index contributed by atoms with van der Waals surface area (Å²) in [5, 5.41) is 0. The van der Waals surface area contributed by atoms with Crippen LogP contribution in [0.15, 0.2) is 48.5 Å². The second-order valence-corrected chi connectivity index (χ2v) is 5.14. The first-order chi connectivity index (χ1) is 10.5. The Morgan fingerprint density at radius 3 is 1.04 bits per heavy atom. The van der Waals surface area contributed by atoms with E-state index in [2.05, 4.69) is 62.4 Å². The van der Waals surface area contributed by atoms with E-state index in [1.165, 1.54) is 22.3 Å². The van der Waals surface area contributed by atoms with Crippen molar-refractivity contribution in [2.75, 3.05) is 0 Å². The molecule has 0 bridgehead atoms. The lowest BCUT2D eigenvalue weighted by Crippen LogP contribution is -2.30. The number of alkyl halides is 6. The quantitative estimate of drug-likeness (QED) is 0.590. The number of hydrogen-bond donors (Lipinski definition) is 0. The molecule has 0 aliphatic carbocycles. The zero-order chi connectivity index (χ0) is 17.7. The third-order valence-electron chi connectivity index (χ3n) is 2.97. The van der Waals surface area contributed by atoms with Crippen LogP contribution in [-0.4, -0.2) is 12.4 Å². The maximum Gasteiger partial charge on any atom is 0.487 e. The van der Waals surface area contributed by atoms with Gasteiger partial charge in [-0.3, -0.25) is 0 Å². The van der Waals surface area contributed by atoms with E-state index in [1.807, 2.05) is 0 Å². The van der Waals surface area contributed by atoms with E-state index in [0.717, 1.165) is 6.42 Å². The average Bonchev–Trinajstić information content (AvgIpc) is 2.42. The van der Waals surface area contributed by atoms with Crippen LogP contribution in [0.3, 0.4) is 0 Å². The monoisotopic (exact) mass is 334 g/mol. The molecular formula is C17H16F6. The molecule has 23 heavy (non-hydrogen) atoms. The summed E-state index contributed by atoms with van der Waals surface area (Å²) in [5.74, 6) is 0. The molecule has 0 N–H and O–H groups in total. The number of halogens is 6. The van der Waals surface area contributed by atoms with Crippen molar-refractivity contribution in [1.29, 1.82) is 0 Å². The van der Waals surface area contributed by atoms with E-state index in [0.29, 0.717) is 0 Å². The van der Waals surface area contributed by atoms with Crippen molar-refractivity contribution in [1.82, 2.24) is 0 Å². The van der Waals surface area contributed by atoms with Crippen LogP contribution in [0.25, 0.3) is 0 Å². The van der Waals surface area contributed by atoms with Crippen LogP contribution in [-0.2, 0) is 6.42 Å². The van der Waals surface area contributed by atoms with Gasteiger partial charge in [0.05, 0.1) is 0 Å². The highest BCUT2D eigenvalue weighted by Crippen LogP contribution is 2.35. The van der Waals surface area contributed by atoms with Crippen LogP contribution in [0, 0.1) is 13.8 Å². The number of benzene rings is 2. The Labute approximate surface area is 130 Å². The highest BCUT2D eigenvalue weighted by Gasteiger charge is 2.58. The number of hydrogen-bond acceptors (Lipinski definition) is 0. The lowest BCUT2D eigenvalue weighted by Gasteiger charge is -2.08. The van der Waals surface area contributed by atoms with Gasteiger partial charge in [-0.25, -0.2) is 0 Å². The summed E-state index contributed by atoms with van der Waals surface area (Å²) in [6.07, 6.45) is -11.1. The normalized spacial score (nSPS) is 11.7. The first-order valence-electron chi connectivity index (χ1n) is 6.73. The van der Waals surface area contributed by atoms with Gasteiger partial charge in [0, 0.05) is 0 Å². The maximum absolute atomic E-state index is 10.4. The van der Waals surface area contributed by atoms with Crippen LogP contribution < -0.4 is 0 Å². The van der Waals surface area contributed by atoms with Gasteiger partial charge in [0.2, 0.25) is 0 Å². The van der Waals surface area contributed by atoms with Gasteiger partial charge < -0.3 is 0 Å². The molecule has 0 saturated carbocycles. The van der Waals surface area contributed by atoms with Crippen molar-refractivity contribution < 1.29 is 26.3 Å². The fraction of sp³-hybridized carbons (Fsp3) is 0.294. The van der Waals surface area contributed by atoms with E-state index in [4.69, 9.17) is 0 Å². The Balaban J connectivity index is 0.000000284. The van der Waals surface area contributed by atoms with Gasteiger partial charge in [0.25, 0.3) is 0 Å². The minimum absolute atomic E-state index is 1.03. The minimum Gasteiger partial charge on any atom is -0.162 e. The van der Waals surface area contributed by atoms with E-state index in [-0.39, 0.29) is 0 Å². The summed E-state index contributed by atoms with van der Waals surface area (Å²) >= 11 is 0. The van der Waals surface area contributed by atoms with Gasteiger partial charge in [-0.1, -0.05) is 59.7 Å². The summed E-state index contributed by atoms with van der Waals surface area (Å²) in [5.41, 5.74) is 5.40. The molecule has 6 heteroatoms. The molecule has 126 valence electrons. The Kier molecular flexibility index (Phi) is 6.24. The van der Waals surface area contributed by atoms with Crippen LogP contribution in [0.5, 0.6) is 0 Å². The van der Waals surface area contributed by atoms with Crippen molar-refractivity contribution in [2.45, 2.75) is 32.6 Å². The van der Waals surface area contributed by atoms with E-state index >= 15 is 0 Å². The van der Waals surface area contributed by atoms with Crippen molar-refractivity contribution in [3.05, 3.63) is 70.8 Å². The minimum atomic E-state index is -6.06. The predicted octanol–water partition coefficient (Wildman–Crippen LogP) is 6.01. The standard InChI is InChI=1S/C15H16.C2F6/c1-12-3-7-14(8-4-12)11-15-9-5-13(2)6-10-15;3-1(4,5)2(6,7)8/h3-10H,11H2,1-2H3;. The molecule has 0 atom stereocenters. The van der Waals surface area contributed by atoms with Gasteiger partial charge in [0.1, 0.15) is 0 Å². The van der Waals surface area contributed by atoms with Gasteiger partial charge in [-0.2, -0.15) is 26.3 Å². The Morgan fingerprint density at radius 2 is 0.826 bits per heavy atom. The number of rotatable bonds is 2. The molecule has 0 nitrogen and oxygen atoms in total. The molecular weight excluding hydrogens is 318 g/mol. The maximum atomic E-state index is 10.4. The summed E-state index contributed by atoms with van der Waals surface area (Å²) in [7, 11) is 0. The van der Waals surface area contributed by atoms with E-state index < -0.39 is 12.4 Å². The van der Waals surface area contributed by atoms with Gasteiger partial charge >= 0.3 is 12.4 Å². The Morgan fingerprint density at radius 1 is 0.565 bits per heavy atom. The van der Waals surface area contributed by atoms with E-state index in [9.17, 15) is 26.3 Å². The molecule has 2 rings (SSSR count). The third-order valence-corrected chi connectivity index (χ3v) is 2.97. The van der Waals surface area contributed by atoms with Crippen molar-refractivity contribution in [3.63, 3.8) is 0 Å². The fourth-order valence-electron chi connectivity index (χ4n) is 1.65. The van der Waals surface area contributed by atoms with Crippen molar-refractivity contribution in [3.8, 4) is 0 Å². The zero-order valence-corrected chi connectivity index (χ0v) is 12.6. The van der Waals surface area contributed by atoms with Crippen molar-refractivity contribution in [2.24, 2.45) is 0 Å². The molecule has 2 aromatic rings. The molecule has 0 spiro atoms. The second-order valence-electron chi connectivity index (χ2n) is 5.14. The predicted molar refractivity (Wildman–Crippen MR) is 77.3 cm³/mol.